The highest BCUT2D eigenvalue weighted by atomic mass is 15.1. The lowest BCUT2D eigenvalue weighted by atomic mass is 9.86. The molecular weight excluding hydrogens is 468 g/mol. The molecule has 0 spiro atoms. The van der Waals surface area contributed by atoms with Crippen LogP contribution in [0.25, 0.3) is 44.2 Å². The Labute approximate surface area is 220 Å². The van der Waals surface area contributed by atoms with Gasteiger partial charge in [-0.25, -0.2) is 0 Å². The number of H-pyrrole nitrogens is 1. The van der Waals surface area contributed by atoms with Crippen LogP contribution < -0.4 is 11.1 Å². The van der Waals surface area contributed by atoms with E-state index in [1.54, 1.807) is 0 Å². The first kappa shape index (κ1) is 23.3. The van der Waals surface area contributed by atoms with Gasteiger partial charge >= 0.3 is 0 Å². The third kappa shape index (κ3) is 4.21. The number of rotatable bonds is 5. The lowest BCUT2D eigenvalue weighted by molar-refractivity contribution is 0.687. The molecule has 2 heterocycles. The molecule has 0 radical (unpaired) electrons. The van der Waals surface area contributed by atoms with Gasteiger partial charge in [0.15, 0.2) is 0 Å². The van der Waals surface area contributed by atoms with E-state index in [2.05, 4.69) is 56.9 Å². The Morgan fingerprint density at radius 2 is 1.58 bits per heavy atom. The number of nitrogen functional groups attached to an aromatic ring is 1. The molecule has 0 aliphatic carbocycles. The minimum Gasteiger partial charge on any atom is -0.399 e. The third-order valence-corrected chi connectivity index (χ3v) is 6.95. The summed E-state index contributed by atoms with van der Waals surface area (Å²) < 4.78 is 0. The van der Waals surface area contributed by atoms with Crippen LogP contribution in [-0.4, -0.2) is 15.2 Å². The number of fused-ring (bicyclic) bond motifs is 3. The smallest absolute Gasteiger partial charge is 0.101 e. The summed E-state index contributed by atoms with van der Waals surface area (Å²) in [6, 6.07) is 32.8. The predicted octanol–water partition coefficient (Wildman–Crippen LogP) is 7.57. The number of nitrogens with one attached hydrogen (secondary N) is 2. The molecule has 0 aliphatic rings. The molecule has 0 saturated heterocycles. The van der Waals surface area contributed by atoms with Gasteiger partial charge in [0.2, 0.25) is 0 Å². The molecule has 2 aromatic heterocycles. The molecule has 0 bridgehead atoms. The highest BCUT2D eigenvalue weighted by molar-refractivity contribution is 6.11. The number of pyridine rings is 1. The Morgan fingerprint density at radius 1 is 0.842 bits per heavy atom. The van der Waals surface area contributed by atoms with E-state index in [0.29, 0.717) is 0 Å². The molecule has 38 heavy (non-hydrogen) atoms. The summed E-state index contributed by atoms with van der Waals surface area (Å²) in [5.41, 5.74) is 14.8. The summed E-state index contributed by atoms with van der Waals surface area (Å²) >= 11 is 0. The molecule has 0 fully saturated rings. The van der Waals surface area contributed by atoms with Crippen molar-refractivity contribution in [1.82, 2.24) is 15.2 Å². The van der Waals surface area contributed by atoms with E-state index in [-0.39, 0.29) is 0 Å². The number of anilines is 3. The largest absolute Gasteiger partial charge is 0.399 e. The quantitative estimate of drug-likeness (QED) is 0.214. The molecule has 0 atom stereocenters. The Hall–Kier alpha value is -5.15. The summed E-state index contributed by atoms with van der Waals surface area (Å²) in [6.07, 6.45) is 1.83. The Morgan fingerprint density at radius 3 is 2.34 bits per heavy atom. The monoisotopic (exact) mass is 494 g/mol. The molecule has 6 nitrogen and oxygen atoms in total. The van der Waals surface area contributed by atoms with Crippen molar-refractivity contribution in [2.75, 3.05) is 11.1 Å². The lowest BCUT2D eigenvalue weighted by Crippen LogP contribution is -2.13. The van der Waals surface area contributed by atoms with Crippen LogP contribution in [-0.2, 0) is 5.41 Å². The van der Waals surface area contributed by atoms with Gasteiger partial charge in [-0.1, -0.05) is 42.5 Å². The van der Waals surface area contributed by atoms with E-state index in [1.165, 1.54) is 0 Å². The van der Waals surface area contributed by atoms with Crippen LogP contribution >= 0.6 is 0 Å². The SMILES string of the molecule is CC(C)(C#N)c1ccc(-c2n[nH]c3cnc4ccc(-c5cccc(Nc6ccc(N)cc6)c5)cc4c23)cc1. The van der Waals surface area contributed by atoms with Gasteiger partial charge in [-0.05, 0) is 79.1 Å². The molecule has 6 aromatic rings. The summed E-state index contributed by atoms with van der Waals surface area (Å²) in [4.78, 5) is 4.66. The van der Waals surface area contributed by atoms with Crippen LogP contribution in [0, 0.1) is 11.3 Å². The molecule has 0 aliphatic heterocycles. The highest BCUT2D eigenvalue weighted by Gasteiger charge is 2.20. The van der Waals surface area contributed by atoms with Crippen LogP contribution in [0.1, 0.15) is 19.4 Å². The Bertz CT molecular complexity index is 1820. The fourth-order valence-corrected chi connectivity index (χ4v) is 4.71. The first-order chi connectivity index (χ1) is 18.4. The van der Waals surface area contributed by atoms with Gasteiger partial charge in [-0.15, -0.1) is 0 Å². The predicted molar refractivity (Wildman–Crippen MR) is 155 cm³/mol. The Kier molecular flexibility index (Phi) is 5.54. The maximum absolute atomic E-state index is 9.50. The van der Waals surface area contributed by atoms with Crippen molar-refractivity contribution in [3.8, 4) is 28.5 Å². The molecule has 4 aromatic carbocycles. The zero-order valence-electron chi connectivity index (χ0n) is 21.2. The van der Waals surface area contributed by atoms with Crippen molar-refractivity contribution >= 4 is 38.9 Å². The average Bonchev–Trinajstić information content (AvgIpc) is 3.39. The zero-order chi connectivity index (χ0) is 26.3. The summed E-state index contributed by atoms with van der Waals surface area (Å²) in [5, 5.41) is 22.8. The third-order valence-electron chi connectivity index (χ3n) is 6.95. The van der Waals surface area contributed by atoms with Crippen molar-refractivity contribution in [3.05, 3.63) is 103 Å². The van der Waals surface area contributed by atoms with Gasteiger partial charge in [0, 0.05) is 33.4 Å². The van der Waals surface area contributed by atoms with Crippen molar-refractivity contribution in [3.63, 3.8) is 0 Å². The number of nitrogens with two attached hydrogens (primary N) is 1. The van der Waals surface area contributed by atoms with E-state index in [1.807, 2.05) is 80.7 Å². The van der Waals surface area contributed by atoms with Gasteiger partial charge in [0.1, 0.15) is 5.69 Å². The van der Waals surface area contributed by atoms with Gasteiger partial charge in [-0.2, -0.15) is 10.4 Å². The van der Waals surface area contributed by atoms with Gasteiger partial charge < -0.3 is 11.1 Å². The first-order valence-corrected chi connectivity index (χ1v) is 12.4. The standard InChI is InChI=1S/C32H26N6/c1-32(2,19-33)23-9-6-20(7-10-23)31-30-27-17-22(8-15-28(27)35-18-29(30)37-38-31)21-4-3-5-26(16-21)36-25-13-11-24(34)12-14-25/h3-18,36H,34H2,1-2H3,(H,37,38). The van der Waals surface area contributed by atoms with Gasteiger partial charge in [0.05, 0.1) is 28.7 Å². The number of aromatic amines is 1. The fraction of sp³-hybridized carbons (Fsp3) is 0.0938. The number of hydrogen-bond acceptors (Lipinski definition) is 5. The second-order valence-electron chi connectivity index (χ2n) is 9.99. The number of aromatic nitrogens is 3. The molecule has 6 heteroatoms. The molecule has 4 N–H and O–H groups in total. The van der Waals surface area contributed by atoms with Crippen LogP contribution in [0.5, 0.6) is 0 Å². The topological polar surface area (TPSA) is 103 Å². The number of hydrogen-bond donors (Lipinski definition) is 3. The molecule has 0 amide bonds. The van der Waals surface area contributed by atoms with Gasteiger partial charge in [-0.3, -0.25) is 10.1 Å². The number of benzene rings is 4. The summed E-state index contributed by atoms with van der Waals surface area (Å²) in [5.74, 6) is 0. The molecule has 0 unspecified atom stereocenters. The minimum absolute atomic E-state index is 0.547. The van der Waals surface area contributed by atoms with Crippen molar-refractivity contribution in [2.24, 2.45) is 0 Å². The second-order valence-corrected chi connectivity index (χ2v) is 9.99. The van der Waals surface area contributed by atoms with Crippen molar-refractivity contribution < 1.29 is 0 Å². The summed E-state index contributed by atoms with van der Waals surface area (Å²) in [6.45, 7) is 3.85. The molecule has 6 rings (SSSR count). The zero-order valence-corrected chi connectivity index (χ0v) is 21.2. The lowest BCUT2D eigenvalue weighted by Gasteiger charge is -2.15. The maximum Gasteiger partial charge on any atom is 0.101 e. The molecule has 0 saturated carbocycles. The fourth-order valence-electron chi connectivity index (χ4n) is 4.71. The number of nitriles is 1. The van der Waals surface area contributed by atoms with Crippen LogP contribution in [0.2, 0.25) is 0 Å². The normalized spacial score (nSPS) is 11.5. The highest BCUT2D eigenvalue weighted by Crippen LogP contribution is 2.35. The minimum atomic E-state index is -0.547. The van der Waals surface area contributed by atoms with E-state index in [0.717, 1.165) is 66.8 Å². The van der Waals surface area contributed by atoms with Crippen molar-refractivity contribution in [2.45, 2.75) is 19.3 Å². The molecular formula is C32H26N6. The van der Waals surface area contributed by atoms with Crippen molar-refractivity contribution in [1.29, 1.82) is 5.26 Å². The molecule has 184 valence electrons. The van der Waals surface area contributed by atoms with Crippen LogP contribution in [0.4, 0.5) is 17.1 Å². The van der Waals surface area contributed by atoms with E-state index in [4.69, 9.17) is 5.73 Å². The maximum atomic E-state index is 9.50. The number of nitrogens with zero attached hydrogens (tertiary/aromatic N) is 3. The summed E-state index contributed by atoms with van der Waals surface area (Å²) in [7, 11) is 0. The van der Waals surface area contributed by atoms with Gasteiger partial charge in [0.25, 0.3) is 0 Å². The Balaban J connectivity index is 1.42. The van der Waals surface area contributed by atoms with E-state index >= 15 is 0 Å². The van der Waals surface area contributed by atoms with Crippen LogP contribution in [0.15, 0.2) is 97.2 Å². The van der Waals surface area contributed by atoms with E-state index in [9.17, 15) is 5.26 Å². The van der Waals surface area contributed by atoms with Crippen LogP contribution in [0.3, 0.4) is 0 Å². The average molecular weight is 495 g/mol. The second kappa shape index (κ2) is 9.06. The van der Waals surface area contributed by atoms with E-state index < -0.39 is 5.41 Å². The first-order valence-electron chi connectivity index (χ1n) is 12.4.